The van der Waals surface area contributed by atoms with Crippen molar-refractivity contribution in [3.8, 4) is 0 Å². The van der Waals surface area contributed by atoms with E-state index in [2.05, 4.69) is 12.2 Å². The van der Waals surface area contributed by atoms with E-state index in [0.29, 0.717) is 5.92 Å². The van der Waals surface area contributed by atoms with Gasteiger partial charge in [0.25, 0.3) is 0 Å². The maximum absolute atomic E-state index is 11.6. The van der Waals surface area contributed by atoms with Crippen LogP contribution in [-0.2, 0) is 15.4 Å². The summed E-state index contributed by atoms with van der Waals surface area (Å²) in [4.78, 5) is 0.273. The SMILES string of the molecule is Cc1c(S(N)(=O)=O)ccc2c1C1(C)CNCC2C1. The lowest BCUT2D eigenvalue weighted by Crippen LogP contribution is -2.40. The average Bonchev–Trinajstić information content (AvgIpc) is 2.45. The molecule has 1 aliphatic heterocycles. The van der Waals surface area contributed by atoms with Gasteiger partial charge in [0, 0.05) is 18.5 Å². The van der Waals surface area contributed by atoms with Crippen molar-refractivity contribution in [2.24, 2.45) is 5.14 Å². The Hall–Kier alpha value is -0.910. The third-order valence-corrected chi connectivity index (χ3v) is 5.46. The van der Waals surface area contributed by atoms with E-state index in [1.54, 1.807) is 6.07 Å². The summed E-state index contributed by atoms with van der Waals surface area (Å²) in [5, 5.41) is 8.73. The van der Waals surface area contributed by atoms with Gasteiger partial charge in [0.1, 0.15) is 0 Å². The van der Waals surface area contributed by atoms with E-state index in [4.69, 9.17) is 5.14 Å². The zero-order valence-electron chi connectivity index (χ0n) is 10.7. The predicted octanol–water partition coefficient (Wildman–Crippen LogP) is 0.991. The molecule has 2 bridgehead atoms. The summed E-state index contributed by atoms with van der Waals surface area (Å²) in [6.07, 6.45) is 1.10. The van der Waals surface area contributed by atoms with E-state index in [0.717, 1.165) is 25.1 Å². The second kappa shape index (κ2) is 3.56. The zero-order chi connectivity index (χ0) is 13.1. The van der Waals surface area contributed by atoms with Gasteiger partial charge in [0.05, 0.1) is 4.90 Å². The van der Waals surface area contributed by atoms with Gasteiger partial charge in [-0.05, 0) is 42.0 Å². The van der Waals surface area contributed by atoms with E-state index in [9.17, 15) is 8.42 Å². The lowest BCUT2D eigenvalue weighted by Gasteiger charge is -2.31. The molecule has 3 rings (SSSR count). The van der Waals surface area contributed by atoms with Crippen molar-refractivity contribution in [3.63, 3.8) is 0 Å². The Labute approximate surface area is 108 Å². The third-order valence-electron chi connectivity index (χ3n) is 4.40. The Morgan fingerprint density at radius 2 is 2.17 bits per heavy atom. The van der Waals surface area contributed by atoms with Crippen molar-refractivity contribution in [1.29, 1.82) is 0 Å². The highest BCUT2D eigenvalue weighted by molar-refractivity contribution is 7.89. The lowest BCUT2D eigenvalue weighted by atomic mass is 9.80. The molecular weight excluding hydrogens is 248 g/mol. The number of nitrogens with one attached hydrogen (secondary N) is 1. The summed E-state index contributed by atoms with van der Waals surface area (Å²) in [6.45, 7) is 5.98. The number of fused-ring (bicyclic) bond motifs is 5. The third kappa shape index (κ3) is 1.54. The lowest BCUT2D eigenvalue weighted by molar-refractivity contribution is 0.344. The molecule has 4 nitrogen and oxygen atoms in total. The molecule has 1 aromatic carbocycles. The number of piperidine rings is 1. The van der Waals surface area contributed by atoms with Crippen molar-refractivity contribution >= 4 is 10.0 Å². The molecule has 18 heavy (non-hydrogen) atoms. The maximum atomic E-state index is 11.6. The highest BCUT2D eigenvalue weighted by Gasteiger charge is 2.44. The number of primary sulfonamides is 1. The molecule has 2 aliphatic rings. The standard InChI is InChI=1S/C13H18N2O2S/c1-8-11(18(14,16)17)4-3-10-9-5-13(2,12(8)10)7-15-6-9/h3-4,9,15H,5-7H2,1-2H3,(H2,14,16,17). The Balaban J connectivity index is 2.29. The van der Waals surface area contributed by atoms with Crippen molar-refractivity contribution in [1.82, 2.24) is 5.32 Å². The fourth-order valence-electron chi connectivity index (χ4n) is 3.78. The number of benzene rings is 1. The molecule has 1 heterocycles. The van der Waals surface area contributed by atoms with Gasteiger partial charge in [-0.3, -0.25) is 0 Å². The maximum Gasteiger partial charge on any atom is 0.238 e. The van der Waals surface area contributed by atoms with E-state index in [-0.39, 0.29) is 10.3 Å². The smallest absolute Gasteiger partial charge is 0.238 e. The van der Waals surface area contributed by atoms with Gasteiger partial charge in [-0.25, -0.2) is 13.6 Å². The molecule has 1 aromatic rings. The summed E-state index contributed by atoms with van der Waals surface area (Å²) < 4.78 is 23.2. The van der Waals surface area contributed by atoms with Crippen LogP contribution in [0.2, 0.25) is 0 Å². The van der Waals surface area contributed by atoms with Crippen LogP contribution < -0.4 is 10.5 Å². The Kier molecular flexibility index (Phi) is 2.40. The van der Waals surface area contributed by atoms with Crippen LogP contribution in [-0.4, -0.2) is 21.5 Å². The topological polar surface area (TPSA) is 72.2 Å². The van der Waals surface area contributed by atoms with E-state index in [1.807, 2.05) is 13.0 Å². The fraction of sp³-hybridized carbons (Fsp3) is 0.538. The van der Waals surface area contributed by atoms with Crippen LogP contribution in [0.3, 0.4) is 0 Å². The molecule has 0 amide bonds. The number of nitrogens with two attached hydrogens (primary N) is 1. The van der Waals surface area contributed by atoms with Crippen LogP contribution in [0.1, 0.15) is 36.0 Å². The van der Waals surface area contributed by atoms with Gasteiger partial charge >= 0.3 is 0 Å². The van der Waals surface area contributed by atoms with E-state index < -0.39 is 10.0 Å². The van der Waals surface area contributed by atoms with Crippen molar-refractivity contribution in [2.45, 2.75) is 36.5 Å². The first kappa shape index (κ1) is 12.1. The molecule has 5 heteroatoms. The summed E-state index contributed by atoms with van der Waals surface area (Å²) in [6, 6.07) is 3.61. The molecule has 1 saturated heterocycles. The highest BCUT2D eigenvalue weighted by atomic mass is 32.2. The van der Waals surface area contributed by atoms with Gasteiger partial charge in [-0.2, -0.15) is 0 Å². The van der Waals surface area contributed by atoms with Crippen molar-refractivity contribution in [2.75, 3.05) is 13.1 Å². The van der Waals surface area contributed by atoms with Crippen LogP contribution in [0.15, 0.2) is 17.0 Å². The molecular formula is C13H18N2O2S. The van der Waals surface area contributed by atoms with Gasteiger partial charge in [0.2, 0.25) is 10.0 Å². The largest absolute Gasteiger partial charge is 0.315 e. The van der Waals surface area contributed by atoms with Gasteiger partial charge < -0.3 is 5.32 Å². The molecule has 1 fully saturated rings. The summed E-state index contributed by atoms with van der Waals surface area (Å²) in [7, 11) is -3.63. The van der Waals surface area contributed by atoms with Crippen molar-refractivity contribution < 1.29 is 8.42 Å². The van der Waals surface area contributed by atoms with Crippen LogP contribution in [0.25, 0.3) is 0 Å². The Bertz CT molecular complexity index is 624. The number of rotatable bonds is 1. The quantitative estimate of drug-likeness (QED) is 0.796. The number of hydrogen-bond donors (Lipinski definition) is 2. The normalized spacial score (nSPS) is 30.3. The minimum atomic E-state index is -3.63. The first-order valence-corrected chi connectivity index (χ1v) is 7.75. The second-order valence-corrected chi connectivity index (χ2v) is 7.32. The fourth-order valence-corrected chi connectivity index (χ4v) is 4.57. The molecule has 0 aromatic heterocycles. The first-order chi connectivity index (χ1) is 8.33. The Morgan fingerprint density at radius 3 is 2.83 bits per heavy atom. The van der Waals surface area contributed by atoms with Gasteiger partial charge in [0.15, 0.2) is 0 Å². The van der Waals surface area contributed by atoms with Crippen LogP contribution >= 0.6 is 0 Å². The average molecular weight is 266 g/mol. The molecule has 2 unspecified atom stereocenters. The van der Waals surface area contributed by atoms with Crippen molar-refractivity contribution in [3.05, 3.63) is 28.8 Å². The molecule has 1 aliphatic carbocycles. The molecule has 3 N–H and O–H groups in total. The van der Waals surface area contributed by atoms with Crippen LogP contribution in [0.5, 0.6) is 0 Å². The molecule has 0 radical (unpaired) electrons. The first-order valence-electron chi connectivity index (χ1n) is 6.20. The zero-order valence-corrected chi connectivity index (χ0v) is 11.5. The van der Waals surface area contributed by atoms with Gasteiger partial charge in [-0.15, -0.1) is 0 Å². The highest BCUT2D eigenvalue weighted by Crippen LogP contribution is 2.49. The minimum Gasteiger partial charge on any atom is -0.315 e. The molecule has 0 saturated carbocycles. The monoisotopic (exact) mass is 266 g/mol. The van der Waals surface area contributed by atoms with E-state index >= 15 is 0 Å². The second-order valence-electron chi connectivity index (χ2n) is 5.79. The summed E-state index contributed by atoms with van der Waals surface area (Å²) in [5.41, 5.74) is 3.38. The molecule has 98 valence electrons. The Morgan fingerprint density at radius 1 is 1.44 bits per heavy atom. The molecule has 2 atom stereocenters. The van der Waals surface area contributed by atoms with E-state index in [1.165, 1.54) is 11.1 Å². The number of sulfonamides is 1. The number of hydrogen-bond acceptors (Lipinski definition) is 3. The van der Waals surface area contributed by atoms with Crippen LogP contribution in [0, 0.1) is 6.92 Å². The van der Waals surface area contributed by atoms with Gasteiger partial charge in [-0.1, -0.05) is 13.0 Å². The minimum absolute atomic E-state index is 0.0447. The van der Waals surface area contributed by atoms with Crippen LogP contribution in [0.4, 0.5) is 0 Å². The molecule has 0 spiro atoms. The summed E-state index contributed by atoms with van der Waals surface area (Å²) in [5.74, 6) is 0.506. The summed E-state index contributed by atoms with van der Waals surface area (Å²) >= 11 is 0. The predicted molar refractivity (Wildman–Crippen MR) is 70.1 cm³/mol.